The van der Waals surface area contributed by atoms with Crippen molar-refractivity contribution in [2.75, 3.05) is 0 Å². The molecule has 6 nitrogen and oxygen atoms in total. The molecule has 0 fully saturated rings. The molecule has 1 aliphatic carbocycles. The number of hydrogen-bond acceptors (Lipinski definition) is 5. The average molecular weight is 387 g/mol. The summed E-state index contributed by atoms with van der Waals surface area (Å²) in [5.41, 5.74) is 5.06. The number of aromatic amines is 1. The summed E-state index contributed by atoms with van der Waals surface area (Å²) in [6, 6.07) is 15.2. The van der Waals surface area contributed by atoms with Gasteiger partial charge in [0.15, 0.2) is 6.61 Å². The predicted octanol–water partition coefficient (Wildman–Crippen LogP) is 4.70. The number of H-pyrrole nitrogens is 1. The molecule has 146 valence electrons. The Bertz CT molecular complexity index is 1180. The normalized spacial score (nSPS) is 16.0. The monoisotopic (exact) mass is 387 g/mol. The summed E-state index contributed by atoms with van der Waals surface area (Å²) in [7, 11) is 0. The lowest BCUT2D eigenvalue weighted by molar-refractivity contribution is 0.0439. The van der Waals surface area contributed by atoms with Crippen molar-refractivity contribution in [2.45, 2.75) is 32.8 Å². The van der Waals surface area contributed by atoms with E-state index in [0.29, 0.717) is 17.4 Å². The molecule has 0 radical (unpaired) electrons. The van der Waals surface area contributed by atoms with Crippen LogP contribution >= 0.6 is 0 Å². The second kappa shape index (κ2) is 7.20. The smallest absolute Gasteiger partial charge is 0.338 e. The van der Waals surface area contributed by atoms with Crippen LogP contribution in [-0.4, -0.2) is 21.2 Å². The van der Waals surface area contributed by atoms with Crippen molar-refractivity contribution in [1.82, 2.24) is 15.2 Å². The van der Waals surface area contributed by atoms with E-state index in [4.69, 9.17) is 9.15 Å². The fraction of sp³-hybridized carbons (Fsp3) is 0.261. The maximum Gasteiger partial charge on any atom is 0.338 e. The van der Waals surface area contributed by atoms with Gasteiger partial charge in [0.05, 0.1) is 5.56 Å². The van der Waals surface area contributed by atoms with Crippen LogP contribution in [-0.2, 0) is 24.2 Å². The molecule has 0 unspecified atom stereocenters. The number of nitrogens with one attached hydrogen (secondary N) is 1. The van der Waals surface area contributed by atoms with Gasteiger partial charge in [-0.2, -0.15) is 0 Å². The number of aryl methyl sites for hydroxylation is 1. The molecule has 4 aromatic rings. The number of nitrogens with zero attached hydrogens (tertiary/aromatic N) is 2. The maximum atomic E-state index is 12.6. The van der Waals surface area contributed by atoms with E-state index in [1.54, 1.807) is 6.07 Å². The molecule has 29 heavy (non-hydrogen) atoms. The van der Waals surface area contributed by atoms with Gasteiger partial charge in [0, 0.05) is 22.2 Å². The van der Waals surface area contributed by atoms with E-state index in [2.05, 4.69) is 22.1 Å². The summed E-state index contributed by atoms with van der Waals surface area (Å²) in [5, 5.41) is 9.10. The Kier molecular flexibility index (Phi) is 4.39. The third-order valence-electron chi connectivity index (χ3n) is 5.48. The minimum atomic E-state index is -0.398. The van der Waals surface area contributed by atoms with Gasteiger partial charge in [-0.15, -0.1) is 10.2 Å². The number of rotatable bonds is 4. The maximum absolute atomic E-state index is 12.6. The highest BCUT2D eigenvalue weighted by Crippen LogP contribution is 2.32. The predicted molar refractivity (Wildman–Crippen MR) is 108 cm³/mol. The second-order valence-corrected chi connectivity index (χ2v) is 7.63. The largest absolute Gasteiger partial charge is 0.452 e. The van der Waals surface area contributed by atoms with Crippen molar-refractivity contribution < 1.29 is 13.9 Å². The first-order valence-electron chi connectivity index (χ1n) is 9.86. The number of hydrogen-bond donors (Lipinski definition) is 1. The lowest BCUT2D eigenvalue weighted by Crippen LogP contribution is -2.10. The van der Waals surface area contributed by atoms with Gasteiger partial charge < -0.3 is 14.1 Å². The van der Waals surface area contributed by atoms with Gasteiger partial charge in [0.25, 0.3) is 5.89 Å². The average Bonchev–Trinajstić information content (AvgIpc) is 3.37. The Morgan fingerprint density at radius 2 is 2.07 bits per heavy atom. The fourth-order valence-corrected chi connectivity index (χ4v) is 3.94. The van der Waals surface area contributed by atoms with Gasteiger partial charge in [-0.3, -0.25) is 0 Å². The number of esters is 1. The minimum absolute atomic E-state index is 0.0566. The third-order valence-corrected chi connectivity index (χ3v) is 5.48. The second-order valence-electron chi connectivity index (χ2n) is 7.63. The number of benzene rings is 2. The molecule has 2 aromatic carbocycles. The van der Waals surface area contributed by atoms with Crippen LogP contribution in [0.4, 0.5) is 0 Å². The van der Waals surface area contributed by atoms with Gasteiger partial charge in [0.1, 0.15) is 0 Å². The first kappa shape index (κ1) is 17.7. The highest BCUT2D eigenvalue weighted by Gasteiger charge is 2.21. The molecule has 0 amide bonds. The SMILES string of the molecule is C[C@H]1CCc2[nH]c3ccc(C(=O)OCc4nnc(-c5ccccc5)o4)cc3c2C1. The molecule has 6 heteroatoms. The first-order chi connectivity index (χ1) is 14.2. The molecule has 1 atom stereocenters. The molecule has 5 rings (SSSR count). The zero-order valence-corrected chi connectivity index (χ0v) is 16.1. The molecule has 2 heterocycles. The molecule has 0 spiro atoms. The van der Waals surface area contributed by atoms with Crippen LogP contribution in [0.15, 0.2) is 52.9 Å². The van der Waals surface area contributed by atoms with Crippen LogP contribution in [0.3, 0.4) is 0 Å². The number of ether oxygens (including phenoxy) is 1. The number of fused-ring (bicyclic) bond motifs is 3. The van der Waals surface area contributed by atoms with E-state index in [9.17, 15) is 4.79 Å². The van der Waals surface area contributed by atoms with Crippen LogP contribution in [0.2, 0.25) is 0 Å². The third kappa shape index (κ3) is 3.42. The molecule has 2 aromatic heterocycles. The highest BCUT2D eigenvalue weighted by atomic mass is 16.5. The summed E-state index contributed by atoms with van der Waals surface area (Å²) in [5.74, 6) is 0.941. The number of aromatic nitrogens is 3. The Morgan fingerprint density at radius 1 is 1.21 bits per heavy atom. The first-order valence-corrected chi connectivity index (χ1v) is 9.86. The fourth-order valence-electron chi connectivity index (χ4n) is 3.94. The summed E-state index contributed by atoms with van der Waals surface area (Å²) >= 11 is 0. The van der Waals surface area contributed by atoms with Crippen molar-refractivity contribution in [3.8, 4) is 11.5 Å². The molecular weight excluding hydrogens is 366 g/mol. The summed E-state index contributed by atoms with van der Waals surface area (Å²) in [6.45, 7) is 2.22. The standard InChI is InChI=1S/C23H21N3O3/c1-14-7-9-19-17(11-14)18-12-16(8-10-20(18)24-19)23(27)28-13-21-25-26-22(29-21)15-5-3-2-4-6-15/h2-6,8,10,12,14,24H,7,9,11,13H2,1H3/t14-/m0/s1. The van der Waals surface area contributed by atoms with Crippen LogP contribution < -0.4 is 0 Å². The van der Waals surface area contributed by atoms with Crippen LogP contribution in [0.5, 0.6) is 0 Å². The van der Waals surface area contributed by atoms with E-state index < -0.39 is 5.97 Å². The van der Waals surface area contributed by atoms with Crippen molar-refractivity contribution >= 4 is 16.9 Å². The van der Waals surface area contributed by atoms with Gasteiger partial charge in [-0.25, -0.2) is 4.79 Å². The minimum Gasteiger partial charge on any atom is -0.452 e. The van der Waals surface area contributed by atoms with Crippen molar-refractivity contribution in [3.63, 3.8) is 0 Å². The van der Waals surface area contributed by atoms with Crippen molar-refractivity contribution in [1.29, 1.82) is 0 Å². The van der Waals surface area contributed by atoms with Gasteiger partial charge >= 0.3 is 5.97 Å². The van der Waals surface area contributed by atoms with Crippen LogP contribution in [0.1, 0.15) is 40.9 Å². The molecule has 0 saturated carbocycles. The molecule has 0 saturated heterocycles. The van der Waals surface area contributed by atoms with Crippen molar-refractivity contribution in [3.05, 3.63) is 71.2 Å². The van der Waals surface area contributed by atoms with E-state index in [-0.39, 0.29) is 12.5 Å². The van der Waals surface area contributed by atoms with Crippen LogP contribution in [0.25, 0.3) is 22.4 Å². The highest BCUT2D eigenvalue weighted by molar-refractivity contribution is 5.96. The van der Waals surface area contributed by atoms with Gasteiger partial charge in [-0.1, -0.05) is 25.1 Å². The number of carbonyl (C=O) groups excluding carboxylic acids is 1. The Hall–Kier alpha value is -3.41. The van der Waals surface area contributed by atoms with E-state index >= 15 is 0 Å². The topological polar surface area (TPSA) is 81.0 Å². The summed E-state index contributed by atoms with van der Waals surface area (Å²) < 4.78 is 11.0. The van der Waals surface area contributed by atoms with E-state index in [1.165, 1.54) is 17.7 Å². The molecule has 1 aliphatic rings. The number of carbonyl (C=O) groups is 1. The Labute approximate surface area is 167 Å². The van der Waals surface area contributed by atoms with E-state index in [1.807, 2.05) is 42.5 Å². The lowest BCUT2D eigenvalue weighted by Gasteiger charge is -2.18. The molecular formula is C23H21N3O3. The zero-order valence-electron chi connectivity index (χ0n) is 16.1. The van der Waals surface area contributed by atoms with Gasteiger partial charge in [0.2, 0.25) is 5.89 Å². The molecule has 1 N–H and O–H groups in total. The van der Waals surface area contributed by atoms with Crippen molar-refractivity contribution in [2.24, 2.45) is 5.92 Å². The summed E-state index contributed by atoms with van der Waals surface area (Å²) in [4.78, 5) is 16.1. The van der Waals surface area contributed by atoms with Crippen LogP contribution in [0, 0.1) is 5.92 Å². The quantitative estimate of drug-likeness (QED) is 0.513. The zero-order chi connectivity index (χ0) is 19.8. The Morgan fingerprint density at radius 3 is 2.93 bits per heavy atom. The lowest BCUT2D eigenvalue weighted by atomic mass is 9.87. The van der Waals surface area contributed by atoms with Gasteiger partial charge in [-0.05, 0) is 61.1 Å². The molecule has 0 aliphatic heterocycles. The summed E-state index contributed by atoms with van der Waals surface area (Å²) in [6.07, 6.45) is 3.30. The Balaban J connectivity index is 1.32. The molecule has 0 bridgehead atoms. The van der Waals surface area contributed by atoms with E-state index in [0.717, 1.165) is 29.3 Å².